The number of carboxylic acid groups (broad SMARTS) is 1. The van der Waals surface area contributed by atoms with Gasteiger partial charge in [0.05, 0.1) is 17.0 Å². The van der Waals surface area contributed by atoms with Crippen molar-refractivity contribution < 1.29 is 45.8 Å². The summed E-state index contributed by atoms with van der Waals surface area (Å²) in [6.45, 7) is 3.38. The average molecular weight is 713 g/mol. The second-order valence-electron chi connectivity index (χ2n) is 12.7. The van der Waals surface area contributed by atoms with Crippen molar-refractivity contribution in [3.05, 3.63) is 59.0 Å². The Morgan fingerprint density at radius 3 is 1.96 bits per heavy atom. The lowest BCUT2D eigenvalue weighted by Crippen LogP contribution is -2.57. The van der Waals surface area contributed by atoms with Crippen LogP contribution in [0.3, 0.4) is 0 Å². The fourth-order valence-electron chi connectivity index (χ4n) is 6.80. The summed E-state index contributed by atoms with van der Waals surface area (Å²) in [5.41, 5.74) is 3.61. The number of hydrogen-bond acceptors (Lipinski definition) is 8. The van der Waals surface area contributed by atoms with E-state index in [1.165, 1.54) is 24.8 Å². The zero-order valence-electron chi connectivity index (χ0n) is 28.0. The van der Waals surface area contributed by atoms with Crippen molar-refractivity contribution in [2.75, 3.05) is 11.9 Å². The maximum Gasteiger partial charge on any atom is 0.416 e. The molecule has 16 heteroatoms. The minimum absolute atomic E-state index is 0.0745. The number of aliphatic imine (C=N–C) groups is 1. The van der Waals surface area contributed by atoms with Crippen LogP contribution in [0, 0.1) is 5.92 Å². The summed E-state index contributed by atoms with van der Waals surface area (Å²) >= 11 is 0. The number of carboxylic acids is 1. The van der Waals surface area contributed by atoms with Gasteiger partial charge in [-0.15, -0.1) is 0 Å². The molecule has 1 aromatic heterocycles. The monoisotopic (exact) mass is 712 g/mol. The number of carbonyl (C=O) groups excluding carboxylic acids is 1. The van der Waals surface area contributed by atoms with Gasteiger partial charge < -0.3 is 25.4 Å². The fraction of sp³-hybridized carbons (Fsp3) is 0.559. The molecule has 1 saturated carbocycles. The molecule has 1 amide bonds. The minimum Gasteiger partial charge on any atom is -0.481 e. The summed E-state index contributed by atoms with van der Waals surface area (Å²) in [4.78, 5) is 41.1. The Bertz CT molecular complexity index is 1490. The van der Waals surface area contributed by atoms with Crippen LogP contribution < -0.4 is 10.6 Å². The molecule has 1 unspecified atom stereocenters. The molecule has 4 rings (SSSR count). The summed E-state index contributed by atoms with van der Waals surface area (Å²) < 4.78 is 88.6. The molecule has 2 fully saturated rings. The SMILES string of the molecule is CC[C@@H]1CC(N(Cc2cc(C(F)(F)F)cc(C(F)(F)F)c2)c2ncc(C(C=NC)=CN)cn2)C[C@H](CC)N1C(=O)OC1CCC(C(=O)O)CC1. The van der Waals surface area contributed by atoms with Crippen molar-refractivity contribution in [1.29, 1.82) is 0 Å². The fourth-order valence-corrected chi connectivity index (χ4v) is 6.80. The van der Waals surface area contributed by atoms with E-state index in [4.69, 9.17) is 10.5 Å². The van der Waals surface area contributed by atoms with E-state index >= 15 is 0 Å². The van der Waals surface area contributed by atoms with E-state index in [9.17, 15) is 41.0 Å². The van der Waals surface area contributed by atoms with E-state index < -0.39 is 53.6 Å². The highest BCUT2D eigenvalue weighted by Gasteiger charge is 2.42. The third kappa shape index (κ3) is 9.24. The number of ether oxygens (including phenoxy) is 1. The first kappa shape index (κ1) is 38.4. The highest BCUT2D eigenvalue weighted by Crippen LogP contribution is 2.39. The van der Waals surface area contributed by atoms with E-state index in [1.807, 2.05) is 13.8 Å². The number of piperidine rings is 1. The van der Waals surface area contributed by atoms with E-state index in [1.54, 1.807) is 16.8 Å². The van der Waals surface area contributed by atoms with Crippen LogP contribution in [0.25, 0.3) is 5.57 Å². The Labute approximate surface area is 286 Å². The molecule has 0 bridgehead atoms. The van der Waals surface area contributed by atoms with Gasteiger partial charge in [-0.1, -0.05) is 13.8 Å². The summed E-state index contributed by atoms with van der Waals surface area (Å²) in [6, 6.07) is 0.226. The van der Waals surface area contributed by atoms with E-state index in [2.05, 4.69) is 15.0 Å². The van der Waals surface area contributed by atoms with Gasteiger partial charge in [0.25, 0.3) is 0 Å². The minimum atomic E-state index is -5.02. The van der Waals surface area contributed by atoms with Crippen LogP contribution in [0.2, 0.25) is 0 Å². The maximum atomic E-state index is 13.8. The summed E-state index contributed by atoms with van der Waals surface area (Å²) in [7, 11) is 1.55. The van der Waals surface area contributed by atoms with Gasteiger partial charge in [-0.05, 0) is 75.1 Å². The zero-order valence-corrected chi connectivity index (χ0v) is 28.0. The molecule has 0 spiro atoms. The number of rotatable bonds is 10. The zero-order chi connectivity index (χ0) is 36.8. The summed E-state index contributed by atoms with van der Waals surface area (Å²) in [5, 5.41) is 9.32. The second kappa shape index (κ2) is 16.1. The first-order valence-electron chi connectivity index (χ1n) is 16.5. The lowest BCUT2D eigenvalue weighted by Gasteiger charge is -2.47. The molecule has 2 aromatic rings. The van der Waals surface area contributed by atoms with Crippen molar-refractivity contribution in [3.63, 3.8) is 0 Å². The van der Waals surface area contributed by atoms with Gasteiger partial charge in [-0.25, -0.2) is 14.8 Å². The topological polar surface area (TPSA) is 134 Å². The van der Waals surface area contributed by atoms with E-state index in [0.717, 1.165) is 0 Å². The Morgan fingerprint density at radius 2 is 1.52 bits per heavy atom. The third-order valence-corrected chi connectivity index (χ3v) is 9.44. The van der Waals surface area contributed by atoms with E-state index in [-0.39, 0.29) is 36.2 Å². The van der Waals surface area contributed by atoms with Gasteiger partial charge in [0, 0.05) is 67.7 Å². The maximum absolute atomic E-state index is 13.8. The summed E-state index contributed by atoms with van der Waals surface area (Å²) in [6.07, 6.45) is -2.07. The van der Waals surface area contributed by atoms with Crippen molar-refractivity contribution in [2.24, 2.45) is 16.6 Å². The van der Waals surface area contributed by atoms with Crippen LogP contribution in [-0.4, -0.2) is 69.5 Å². The van der Waals surface area contributed by atoms with Crippen molar-refractivity contribution in [3.8, 4) is 0 Å². The van der Waals surface area contributed by atoms with E-state index in [0.29, 0.717) is 74.6 Å². The molecular weight excluding hydrogens is 670 g/mol. The smallest absolute Gasteiger partial charge is 0.416 e. The number of halogens is 6. The summed E-state index contributed by atoms with van der Waals surface area (Å²) in [5.74, 6) is -1.27. The molecule has 1 aliphatic heterocycles. The number of amides is 1. The largest absolute Gasteiger partial charge is 0.481 e. The standard InChI is InChI=1S/C34H42F6N6O4/c1-4-26-13-28(14-27(5-2)46(26)32(49)50-29-8-6-21(7-9-29)30(47)48)45(31-43-17-23(18-44-31)22(15-41)16-42-3)19-20-10-24(33(35,36)37)12-25(11-20)34(38,39)40/h10-12,15-18,21,26-29H,4-9,13-14,19,41H2,1-3H3,(H,47,48)/t21?,26-,27+,28?,29?. The lowest BCUT2D eigenvalue weighted by molar-refractivity contribution is -0.144. The van der Waals surface area contributed by atoms with Gasteiger partial charge >= 0.3 is 24.4 Å². The predicted octanol–water partition coefficient (Wildman–Crippen LogP) is 7.32. The van der Waals surface area contributed by atoms with Crippen molar-refractivity contribution in [1.82, 2.24) is 14.9 Å². The number of allylic oxidation sites excluding steroid dienone is 1. The Morgan fingerprint density at radius 1 is 0.980 bits per heavy atom. The number of nitrogens with two attached hydrogens (primary N) is 1. The van der Waals surface area contributed by atoms with Crippen LogP contribution in [0.5, 0.6) is 0 Å². The Kier molecular flexibility index (Phi) is 12.4. The molecule has 50 heavy (non-hydrogen) atoms. The molecule has 2 heterocycles. The normalized spacial score (nSPS) is 23.6. The quantitative estimate of drug-likeness (QED) is 0.193. The third-order valence-electron chi connectivity index (χ3n) is 9.44. The number of likely N-dealkylation sites (tertiary alicyclic amines) is 1. The number of aromatic nitrogens is 2. The Balaban J connectivity index is 1.69. The molecular formula is C34H42F6N6O4. The van der Waals surface area contributed by atoms with Crippen LogP contribution in [0.1, 0.15) is 87.5 Å². The van der Waals surface area contributed by atoms with Crippen molar-refractivity contribution >= 4 is 29.8 Å². The number of alkyl halides is 6. The molecule has 1 aliphatic carbocycles. The lowest BCUT2D eigenvalue weighted by atomic mass is 9.87. The molecule has 10 nitrogen and oxygen atoms in total. The molecule has 1 aromatic carbocycles. The number of aliphatic carboxylic acids is 1. The highest BCUT2D eigenvalue weighted by atomic mass is 19.4. The van der Waals surface area contributed by atoms with Crippen LogP contribution in [0.4, 0.5) is 37.1 Å². The second-order valence-corrected chi connectivity index (χ2v) is 12.7. The van der Waals surface area contributed by atoms with Gasteiger partial charge in [-0.3, -0.25) is 9.79 Å². The first-order valence-corrected chi connectivity index (χ1v) is 16.5. The first-order chi connectivity index (χ1) is 23.6. The van der Waals surface area contributed by atoms with Crippen LogP contribution in [0.15, 0.2) is 41.8 Å². The molecule has 3 N–H and O–H groups in total. The highest BCUT2D eigenvalue weighted by molar-refractivity contribution is 6.09. The molecule has 274 valence electrons. The van der Waals surface area contributed by atoms with Crippen LogP contribution in [-0.2, 0) is 28.4 Å². The number of anilines is 1. The predicted molar refractivity (Wildman–Crippen MR) is 174 cm³/mol. The van der Waals surface area contributed by atoms with Gasteiger partial charge in [0.1, 0.15) is 6.10 Å². The van der Waals surface area contributed by atoms with Crippen LogP contribution >= 0.6 is 0 Å². The molecule has 0 radical (unpaired) electrons. The average Bonchev–Trinajstić information content (AvgIpc) is 3.08. The molecule has 3 atom stereocenters. The number of benzene rings is 1. The van der Waals surface area contributed by atoms with Gasteiger partial charge in [-0.2, -0.15) is 26.3 Å². The number of nitrogens with zero attached hydrogens (tertiary/aromatic N) is 5. The number of carbonyl (C=O) groups is 2. The van der Waals surface area contributed by atoms with Gasteiger partial charge in [0.15, 0.2) is 0 Å². The molecule has 2 aliphatic rings. The van der Waals surface area contributed by atoms with Gasteiger partial charge in [0.2, 0.25) is 5.95 Å². The van der Waals surface area contributed by atoms with Crippen molar-refractivity contribution in [2.45, 2.75) is 108 Å². The number of hydrogen-bond donors (Lipinski definition) is 2. The molecule has 1 saturated heterocycles. The Hall–Kier alpha value is -4.37.